The summed E-state index contributed by atoms with van der Waals surface area (Å²) in [5.74, 6) is 0. The molecule has 2 nitrogen and oxygen atoms in total. The molecule has 38 valence electrons. The van der Waals surface area contributed by atoms with Crippen LogP contribution in [0, 0.1) is 0 Å². The summed E-state index contributed by atoms with van der Waals surface area (Å²) in [5.41, 5.74) is 0. The molecule has 0 unspecified atom stereocenters. The Bertz CT molecular complexity index is 125. The molecule has 5 heteroatoms. The minimum atomic E-state index is 0.869. The van der Waals surface area contributed by atoms with E-state index in [1.165, 1.54) is 22.5 Å². The van der Waals surface area contributed by atoms with Gasteiger partial charge in [-0.15, -0.1) is 11.7 Å². The molecule has 0 spiro atoms. The second kappa shape index (κ2) is 2.54. The zero-order chi connectivity index (χ0) is 5.11. The normalized spacial score (nSPS) is 9.29. The third-order valence-electron chi connectivity index (χ3n) is 0.435. The lowest BCUT2D eigenvalue weighted by molar-refractivity contribution is 1.28. The van der Waals surface area contributed by atoms with Crippen LogP contribution < -0.4 is 0 Å². The van der Waals surface area contributed by atoms with E-state index in [0.717, 1.165) is 5.03 Å². The van der Waals surface area contributed by atoms with Crippen molar-refractivity contribution in [3.05, 3.63) is 6.20 Å². The first-order chi connectivity index (χ1) is 3.43. The zero-order valence-electron chi connectivity index (χ0n) is 3.24. The summed E-state index contributed by atoms with van der Waals surface area (Å²) >= 11 is 5.09. The smallest absolute Gasteiger partial charge is 0.140 e. The van der Waals surface area contributed by atoms with Crippen molar-refractivity contribution in [2.24, 2.45) is 0 Å². The molecule has 1 rings (SSSR count). The Balaban J connectivity index is 2.76. The van der Waals surface area contributed by atoms with Crippen LogP contribution in [0.1, 0.15) is 0 Å². The van der Waals surface area contributed by atoms with Crippen molar-refractivity contribution in [2.75, 3.05) is 0 Å². The Kier molecular flexibility index (Phi) is 1.96. The van der Waals surface area contributed by atoms with E-state index < -0.39 is 0 Å². The first-order valence-electron chi connectivity index (χ1n) is 1.52. The van der Waals surface area contributed by atoms with Crippen molar-refractivity contribution >= 4 is 34.2 Å². The average molecular weight is 150 g/mol. The maximum Gasteiger partial charge on any atom is 0.140 e. The summed E-state index contributed by atoms with van der Waals surface area (Å²) in [6, 6.07) is 0. The molecule has 1 aromatic heterocycles. The fraction of sp³-hybridized carbons (Fsp3) is 0. The van der Waals surface area contributed by atoms with Crippen molar-refractivity contribution in [1.82, 2.24) is 8.75 Å². The Morgan fingerprint density at radius 1 is 1.86 bits per heavy atom. The quantitative estimate of drug-likeness (QED) is 0.485. The van der Waals surface area contributed by atoms with Crippen LogP contribution in [-0.2, 0) is 0 Å². The standard InChI is InChI=1S/C2H2N2S3/c5-6-2-1-3-7-4-2/h1,5H. The molecule has 0 radical (unpaired) electrons. The van der Waals surface area contributed by atoms with Crippen molar-refractivity contribution in [3.63, 3.8) is 0 Å². The summed E-state index contributed by atoms with van der Waals surface area (Å²) in [5, 5.41) is 0.869. The predicted molar refractivity (Wildman–Crippen MR) is 34.8 cm³/mol. The number of nitrogens with zero attached hydrogens (tertiary/aromatic N) is 2. The molecule has 0 bridgehead atoms. The fourth-order valence-corrected chi connectivity index (χ4v) is 1.36. The molecule has 0 atom stereocenters. The van der Waals surface area contributed by atoms with Gasteiger partial charge in [-0.3, -0.25) is 0 Å². The number of rotatable bonds is 1. The van der Waals surface area contributed by atoms with Gasteiger partial charge in [-0.1, -0.05) is 0 Å². The van der Waals surface area contributed by atoms with Gasteiger partial charge >= 0.3 is 0 Å². The number of hydrogen-bond donors (Lipinski definition) is 1. The van der Waals surface area contributed by atoms with Gasteiger partial charge in [0.1, 0.15) is 5.03 Å². The SMILES string of the molecule is SSc1cnsn1. The molecule has 1 aromatic rings. The maximum atomic E-state index is 3.90. The molecule has 0 amide bonds. The first kappa shape index (κ1) is 5.40. The fourth-order valence-electron chi connectivity index (χ4n) is 0.196. The lowest BCUT2D eigenvalue weighted by Crippen LogP contribution is -1.54. The number of aromatic nitrogens is 2. The van der Waals surface area contributed by atoms with Crippen LogP contribution >= 0.6 is 34.2 Å². The highest BCUT2D eigenvalue weighted by molar-refractivity contribution is 8.68. The summed E-state index contributed by atoms with van der Waals surface area (Å²) in [6.45, 7) is 0. The van der Waals surface area contributed by atoms with Crippen LogP contribution in [-0.4, -0.2) is 8.75 Å². The predicted octanol–water partition coefficient (Wildman–Crippen LogP) is 1.47. The van der Waals surface area contributed by atoms with Gasteiger partial charge in [0.05, 0.1) is 17.9 Å². The van der Waals surface area contributed by atoms with Crippen LogP contribution in [0.4, 0.5) is 0 Å². The third kappa shape index (κ3) is 1.32. The first-order valence-corrected chi connectivity index (χ1v) is 4.12. The average Bonchev–Trinajstić information content (AvgIpc) is 2.14. The third-order valence-corrected chi connectivity index (χ3v) is 1.97. The lowest BCUT2D eigenvalue weighted by Gasteiger charge is -1.73. The largest absolute Gasteiger partial charge is 0.180 e. The molecule has 0 fully saturated rings. The van der Waals surface area contributed by atoms with E-state index in [2.05, 4.69) is 20.4 Å². The van der Waals surface area contributed by atoms with E-state index >= 15 is 0 Å². The van der Waals surface area contributed by atoms with Gasteiger partial charge < -0.3 is 0 Å². The highest BCUT2D eigenvalue weighted by Crippen LogP contribution is 2.17. The van der Waals surface area contributed by atoms with Gasteiger partial charge in [0.25, 0.3) is 0 Å². The second-order valence-corrected chi connectivity index (χ2v) is 2.54. The van der Waals surface area contributed by atoms with Gasteiger partial charge in [0.15, 0.2) is 0 Å². The summed E-state index contributed by atoms with van der Waals surface area (Å²) in [4.78, 5) is 0. The zero-order valence-corrected chi connectivity index (χ0v) is 5.76. The highest BCUT2D eigenvalue weighted by atomic mass is 33.1. The molecule has 7 heavy (non-hydrogen) atoms. The Morgan fingerprint density at radius 2 is 2.71 bits per heavy atom. The van der Waals surface area contributed by atoms with Crippen LogP contribution in [0.25, 0.3) is 0 Å². The summed E-state index contributed by atoms with van der Waals surface area (Å²) < 4.78 is 7.61. The molecular weight excluding hydrogens is 148 g/mol. The molecule has 0 aromatic carbocycles. The number of hydrogen-bond acceptors (Lipinski definition) is 5. The molecule has 0 aliphatic carbocycles. The van der Waals surface area contributed by atoms with Crippen molar-refractivity contribution in [3.8, 4) is 0 Å². The molecular formula is C2H2N2S3. The monoisotopic (exact) mass is 150 g/mol. The van der Waals surface area contributed by atoms with E-state index in [0.29, 0.717) is 0 Å². The molecule has 0 aliphatic rings. The van der Waals surface area contributed by atoms with Gasteiger partial charge in [0.2, 0.25) is 0 Å². The van der Waals surface area contributed by atoms with E-state index in [-0.39, 0.29) is 0 Å². The van der Waals surface area contributed by atoms with Crippen LogP contribution in [0.2, 0.25) is 0 Å². The summed E-state index contributed by atoms with van der Waals surface area (Å²) in [6.07, 6.45) is 1.68. The topological polar surface area (TPSA) is 25.8 Å². The summed E-state index contributed by atoms with van der Waals surface area (Å²) in [7, 11) is 1.31. The minimum Gasteiger partial charge on any atom is -0.180 e. The van der Waals surface area contributed by atoms with Gasteiger partial charge in [-0.25, -0.2) is 0 Å². The molecule has 1 heterocycles. The highest BCUT2D eigenvalue weighted by Gasteiger charge is 1.87. The van der Waals surface area contributed by atoms with Crippen molar-refractivity contribution < 1.29 is 0 Å². The van der Waals surface area contributed by atoms with E-state index in [1.54, 1.807) is 6.20 Å². The molecule has 0 saturated heterocycles. The van der Waals surface area contributed by atoms with Crippen molar-refractivity contribution in [1.29, 1.82) is 0 Å². The molecule has 0 N–H and O–H groups in total. The van der Waals surface area contributed by atoms with Gasteiger partial charge in [0, 0.05) is 0 Å². The Morgan fingerprint density at radius 3 is 3.00 bits per heavy atom. The number of thiol groups is 1. The second-order valence-electron chi connectivity index (χ2n) is 0.837. The molecule has 0 saturated carbocycles. The van der Waals surface area contributed by atoms with Gasteiger partial charge in [-0.2, -0.15) is 8.75 Å². The Hall–Kier alpha value is 0.260. The van der Waals surface area contributed by atoms with Crippen LogP contribution in [0.15, 0.2) is 11.2 Å². The minimum absolute atomic E-state index is 0.869. The van der Waals surface area contributed by atoms with Crippen molar-refractivity contribution in [2.45, 2.75) is 5.03 Å². The Labute approximate surface area is 54.5 Å². The van der Waals surface area contributed by atoms with E-state index in [1.807, 2.05) is 0 Å². The lowest BCUT2D eigenvalue weighted by atomic mass is 11.0. The molecule has 0 aliphatic heterocycles. The van der Waals surface area contributed by atoms with Crippen LogP contribution in [0.3, 0.4) is 0 Å². The maximum absolute atomic E-state index is 3.90. The van der Waals surface area contributed by atoms with E-state index in [9.17, 15) is 0 Å². The van der Waals surface area contributed by atoms with Gasteiger partial charge in [-0.05, 0) is 10.8 Å². The van der Waals surface area contributed by atoms with Crippen LogP contribution in [0.5, 0.6) is 0 Å². The van der Waals surface area contributed by atoms with E-state index in [4.69, 9.17) is 0 Å².